The molecule has 3 heteroatoms. The summed E-state index contributed by atoms with van der Waals surface area (Å²) in [7, 11) is 0. The van der Waals surface area contributed by atoms with Crippen molar-refractivity contribution in [2.45, 2.75) is 0 Å². The molecule has 0 unspecified atom stereocenters. The number of phenols is 1. The molecule has 2 rings (SSSR count). The van der Waals surface area contributed by atoms with Gasteiger partial charge in [-0.1, -0.05) is 6.07 Å². The Morgan fingerprint density at radius 2 is 1.80 bits per heavy atom. The summed E-state index contributed by atoms with van der Waals surface area (Å²) in [5.41, 5.74) is 2.00. The number of hydrogen-bond donors (Lipinski definition) is 1. The molecule has 0 fully saturated rings. The van der Waals surface area contributed by atoms with E-state index in [0.717, 1.165) is 11.3 Å². The first-order valence-electron chi connectivity index (χ1n) is 4.51. The molecule has 1 heterocycles. The van der Waals surface area contributed by atoms with Crippen LogP contribution in [-0.4, -0.2) is 16.4 Å². The Balaban J connectivity index is 2.44. The lowest BCUT2D eigenvalue weighted by molar-refractivity contribution is 0.111. The Morgan fingerprint density at radius 3 is 2.47 bits per heavy atom. The van der Waals surface area contributed by atoms with E-state index in [1.54, 1.807) is 36.4 Å². The van der Waals surface area contributed by atoms with Crippen LogP contribution in [0.1, 0.15) is 10.5 Å². The van der Waals surface area contributed by atoms with E-state index in [1.165, 1.54) is 0 Å². The SMILES string of the molecule is O=Cc1cccc(-c2ccc(O)cc2)n1. The zero-order valence-electron chi connectivity index (χ0n) is 7.92. The van der Waals surface area contributed by atoms with Crippen molar-refractivity contribution < 1.29 is 9.90 Å². The molecule has 0 spiro atoms. The Morgan fingerprint density at radius 1 is 1.07 bits per heavy atom. The van der Waals surface area contributed by atoms with Gasteiger partial charge in [-0.05, 0) is 36.4 Å². The number of carbonyl (C=O) groups is 1. The van der Waals surface area contributed by atoms with Crippen molar-refractivity contribution in [1.29, 1.82) is 0 Å². The molecule has 0 atom stereocenters. The smallest absolute Gasteiger partial charge is 0.168 e. The normalized spacial score (nSPS) is 9.87. The van der Waals surface area contributed by atoms with Crippen LogP contribution in [0.5, 0.6) is 5.75 Å². The van der Waals surface area contributed by atoms with E-state index in [0.29, 0.717) is 12.0 Å². The monoisotopic (exact) mass is 199 g/mol. The van der Waals surface area contributed by atoms with Crippen LogP contribution >= 0.6 is 0 Å². The van der Waals surface area contributed by atoms with Gasteiger partial charge in [-0.25, -0.2) is 4.98 Å². The molecule has 1 N–H and O–H groups in total. The largest absolute Gasteiger partial charge is 0.508 e. The quantitative estimate of drug-likeness (QED) is 0.755. The lowest BCUT2D eigenvalue weighted by Crippen LogP contribution is -1.89. The zero-order valence-corrected chi connectivity index (χ0v) is 7.92. The van der Waals surface area contributed by atoms with Gasteiger partial charge in [0, 0.05) is 5.56 Å². The van der Waals surface area contributed by atoms with Gasteiger partial charge < -0.3 is 5.11 Å². The second-order valence-corrected chi connectivity index (χ2v) is 3.11. The van der Waals surface area contributed by atoms with E-state index in [9.17, 15) is 4.79 Å². The highest BCUT2D eigenvalue weighted by molar-refractivity contribution is 5.73. The van der Waals surface area contributed by atoms with E-state index in [2.05, 4.69) is 4.98 Å². The molecule has 15 heavy (non-hydrogen) atoms. The van der Waals surface area contributed by atoms with Crippen molar-refractivity contribution >= 4 is 6.29 Å². The summed E-state index contributed by atoms with van der Waals surface area (Å²) in [6.07, 6.45) is 0.712. The van der Waals surface area contributed by atoms with Crippen LogP contribution in [0, 0.1) is 0 Å². The van der Waals surface area contributed by atoms with Crippen LogP contribution in [0.4, 0.5) is 0 Å². The predicted octanol–water partition coefficient (Wildman–Crippen LogP) is 2.27. The highest BCUT2D eigenvalue weighted by Gasteiger charge is 2.00. The van der Waals surface area contributed by atoms with Gasteiger partial charge in [0.15, 0.2) is 6.29 Å². The number of carbonyl (C=O) groups excluding carboxylic acids is 1. The summed E-state index contributed by atoms with van der Waals surface area (Å²) in [5, 5.41) is 9.13. The average molecular weight is 199 g/mol. The molecule has 1 aromatic carbocycles. The van der Waals surface area contributed by atoms with Gasteiger partial charge >= 0.3 is 0 Å². The van der Waals surface area contributed by atoms with Gasteiger partial charge in [0.05, 0.1) is 5.69 Å². The van der Waals surface area contributed by atoms with Crippen LogP contribution in [0.15, 0.2) is 42.5 Å². The molecule has 0 aliphatic carbocycles. The minimum Gasteiger partial charge on any atom is -0.508 e. The first-order valence-corrected chi connectivity index (χ1v) is 4.51. The molecule has 0 aliphatic heterocycles. The first-order chi connectivity index (χ1) is 7.29. The zero-order chi connectivity index (χ0) is 10.7. The highest BCUT2D eigenvalue weighted by Crippen LogP contribution is 2.19. The number of aromatic nitrogens is 1. The fraction of sp³-hybridized carbons (Fsp3) is 0. The van der Waals surface area contributed by atoms with Gasteiger partial charge in [-0.15, -0.1) is 0 Å². The molecular formula is C12H9NO2. The molecule has 0 bridgehead atoms. The van der Waals surface area contributed by atoms with Crippen molar-refractivity contribution in [3.05, 3.63) is 48.2 Å². The maximum Gasteiger partial charge on any atom is 0.168 e. The number of pyridine rings is 1. The fourth-order valence-electron chi connectivity index (χ4n) is 1.31. The van der Waals surface area contributed by atoms with Gasteiger partial charge in [-0.3, -0.25) is 4.79 Å². The lowest BCUT2D eigenvalue weighted by atomic mass is 10.1. The number of nitrogens with zero attached hydrogens (tertiary/aromatic N) is 1. The van der Waals surface area contributed by atoms with E-state index in [1.807, 2.05) is 6.07 Å². The predicted molar refractivity (Wildman–Crippen MR) is 56.7 cm³/mol. The third-order valence-corrected chi connectivity index (χ3v) is 2.05. The molecule has 0 saturated heterocycles. The number of phenolic OH excluding ortho intramolecular Hbond substituents is 1. The van der Waals surface area contributed by atoms with Crippen molar-refractivity contribution in [2.24, 2.45) is 0 Å². The summed E-state index contributed by atoms with van der Waals surface area (Å²) in [5.74, 6) is 0.213. The topological polar surface area (TPSA) is 50.2 Å². The Hall–Kier alpha value is -2.16. The molecule has 0 aliphatic rings. The summed E-state index contributed by atoms with van der Waals surface area (Å²) in [6, 6.07) is 11.9. The molecule has 1 aromatic heterocycles. The second kappa shape index (κ2) is 3.92. The van der Waals surface area contributed by atoms with E-state index in [4.69, 9.17) is 5.11 Å². The molecule has 0 saturated carbocycles. The Kier molecular flexibility index (Phi) is 2.46. The minimum absolute atomic E-state index is 0.213. The van der Waals surface area contributed by atoms with Gasteiger partial charge in [0.25, 0.3) is 0 Å². The molecular weight excluding hydrogens is 190 g/mol. The standard InChI is InChI=1S/C12H9NO2/c14-8-10-2-1-3-12(13-10)9-4-6-11(15)7-5-9/h1-8,15H. The van der Waals surface area contributed by atoms with Crippen molar-refractivity contribution in [2.75, 3.05) is 0 Å². The van der Waals surface area contributed by atoms with Crippen LogP contribution in [0.25, 0.3) is 11.3 Å². The lowest BCUT2D eigenvalue weighted by Gasteiger charge is -2.01. The van der Waals surface area contributed by atoms with E-state index in [-0.39, 0.29) is 5.75 Å². The van der Waals surface area contributed by atoms with Crippen molar-refractivity contribution in [3.8, 4) is 17.0 Å². The third kappa shape index (κ3) is 2.02. The molecule has 3 nitrogen and oxygen atoms in total. The average Bonchev–Trinajstić information content (AvgIpc) is 2.30. The van der Waals surface area contributed by atoms with Gasteiger partial charge in [0.2, 0.25) is 0 Å². The molecule has 0 amide bonds. The first kappa shape index (κ1) is 9.40. The number of aldehydes is 1. The van der Waals surface area contributed by atoms with Crippen LogP contribution < -0.4 is 0 Å². The maximum absolute atomic E-state index is 10.5. The van der Waals surface area contributed by atoms with Crippen LogP contribution in [0.2, 0.25) is 0 Å². The minimum atomic E-state index is 0.213. The van der Waals surface area contributed by atoms with Crippen LogP contribution in [-0.2, 0) is 0 Å². The second-order valence-electron chi connectivity index (χ2n) is 3.11. The van der Waals surface area contributed by atoms with Gasteiger partial charge in [-0.2, -0.15) is 0 Å². The summed E-state index contributed by atoms with van der Waals surface area (Å²) in [4.78, 5) is 14.7. The summed E-state index contributed by atoms with van der Waals surface area (Å²) >= 11 is 0. The van der Waals surface area contributed by atoms with Gasteiger partial charge in [0.1, 0.15) is 11.4 Å². The molecule has 74 valence electrons. The maximum atomic E-state index is 10.5. The van der Waals surface area contributed by atoms with E-state index >= 15 is 0 Å². The Labute approximate surface area is 87.0 Å². The fourth-order valence-corrected chi connectivity index (χ4v) is 1.31. The number of hydrogen-bond acceptors (Lipinski definition) is 3. The summed E-state index contributed by atoms with van der Waals surface area (Å²) in [6.45, 7) is 0. The third-order valence-electron chi connectivity index (χ3n) is 2.05. The Bertz CT molecular complexity index is 477. The van der Waals surface area contributed by atoms with Crippen molar-refractivity contribution in [3.63, 3.8) is 0 Å². The van der Waals surface area contributed by atoms with Crippen LogP contribution in [0.3, 0.4) is 0 Å². The number of benzene rings is 1. The highest BCUT2D eigenvalue weighted by atomic mass is 16.3. The molecule has 0 radical (unpaired) electrons. The number of rotatable bonds is 2. The van der Waals surface area contributed by atoms with Crippen molar-refractivity contribution in [1.82, 2.24) is 4.98 Å². The number of aromatic hydroxyl groups is 1. The molecule has 2 aromatic rings. The summed E-state index contributed by atoms with van der Waals surface area (Å²) < 4.78 is 0. The van der Waals surface area contributed by atoms with E-state index < -0.39 is 0 Å².